The van der Waals surface area contributed by atoms with E-state index in [1.165, 1.54) is 18.2 Å². The van der Waals surface area contributed by atoms with Crippen molar-refractivity contribution in [1.82, 2.24) is 0 Å². The maximum absolute atomic E-state index is 11.0. The highest BCUT2D eigenvalue weighted by molar-refractivity contribution is 8.13. The molecule has 0 unspecified atom stereocenters. The molecule has 0 aromatic heterocycles. The molecule has 1 aromatic rings. The van der Waals surface area contributed by atoms with E-state index < -0.39 is 9.05 Å². The Morgan fingerprint density at radius 3 is 2.50 bits per heavy atom. The maximum Gasteiger partial charge on any atom is 0.261 e. The fraction of sp³-hybridized carbons (Fsp3) is 0.300. The van der Waals surface area contributed by atoms with Crippen molar-refractivity contribution in [2.45, 2.75) is 24.8 Å². The largest absolute Gasteiger partial charge is 0.490 e. The number of nitrogens with zero attached hydrogens (tertiary/aromatic N) is 1. The zero-order valence-corrected chi connectivity index (χ0v) is 10.3. The Balaban J connectivity index is 3.24. The van der Waals surface area contributed by atoms with Crippen LogP contribution in [-0.4, -0.2) is 14.5 Å². The Morgan fingerprint density at radius 2 is 2.06 bits per heavy atom. The van der Waals surface area contributed by atoms with E-state index in [-0.39, 0.29) is 16.6 Å². The molecular weight excluding hydrogens is 250 g/mol. The molecule has 0 atom stereocenters. The van der Waals surface area contributed by atoms with Gasteiger partial charge in [0.1, 0.15) is 11.8 Å². The number of halogens is 1. The second kappa shape index (κ2) is 4.73. The van der Waals surface area contributed by atoms with Gasteiger partial charge >= 0.3 is 0 Å². The summed E-state index contributed by atoms with van der Waals surface area (Å²) in [7, 11) is 1.35. The van der Waals surface area contributed by atoms with Crippen LogP contribution in [0.2, 0.25) is 0 Å². The summed E-state index contributed by atoms with van der Waals surface area (Å²) in [6.07, 6.45) is -0.0921. The van der Waals surface area contributed by atoms with Crippen LogP contribution in [0.3, 0.4) is 0 Å². The van der Waals surface area contributed by atoms with Gasteiger partial charge in [-0.1, -0.05) is 0 Å². The second-order valence-electron chi connectivity index (χ2n) is 3.37. The molecular formula is C10H10ClNO3S. The monoisotopic (exact) mass is 259 g/mol. The van der Waals surface area contributed by atoms with Crippen molar-refractivity contribution >= 4 is 19.7 Å². The standard InChI is InChI=1S/C10H10ClNO3S/c1-7(2)15-10-4-3-9(16(11,13)14)5-8(10)6-12/h3-5,7H,1-2H3. The van der Waals surface area contributed by atoms with E-state index in [0.29, 0.717) is 5.75 Å². The molecule has 0 bridgehead atoms. The Hall–Kier alpha value is -1.25. The Morgan fingerprint density at radius 1 is 1.44 bits per heavy atom. The predicted octanol–water partition coefficient (Wildman–Crippen LogP) is 2.27. The first-order valence-corrected chi connectivity index (χ1v) is 6.81. The molecule has 0 radical (unpaired) electrons. The van der Waals surface area contributed by atoms with Crippen LogP contribution >= 0.6 is 10.7 Å². The molecule has 86 valence electrons. The minimum absolute atomic E-state index is 0.0921. The molecule has 0 amide bonds. The highest BCUT2D eigenvalue weighted by atomic mass is 35.7. The predicted molar refractivity (Wildman–Crippen MR) is 60.0 cm³/mol. The van der Waals surface area contributed by atoms with Crippen molar-refractivity contribution in [3.8, 4) is 11.8 Å². The van der Waals surface area contributed by atoms with Gasteiger partial charge in [-0.25, -0.2) is 8.42 Å². The van der Waals surface area contributed by atoms with Crippen LogP contribution in [0, 0.1) is 11.3 Å². The quantitative estimate of drug-likeness (QED) is 0.781. The van der Waals surface area contributed by atoms with Crippen LogP contribution in [0.5, 0.6) is 5.75 Å². The summed E-state index contributed by atoms with van der Waals surface area (Å²) in [5.74, 6) is 0.349. The van der Waals surface area contributed by atoms with E-state index in [2.05, 4.69) is 0 Å². The van der Waals surface area contributed by atoms with E-state index in [4.69, 9.17) is 20.7 Å². The zero-order valence-electron chi connectivity index (χ0n) is 8.77. The zero-order chi connectivity index (χ0) is 12.3. The summed E-state index contributed by atoms with van der Waals surface area (Å²) in [6.45, 7) is 3.63. The molecule has 1 aromatic carbocycles. The van der Waals surface area contributed by atoms with Crippen LogP contribution in [-0.2, 0) is 9.05 Å². The van der Waals surface area contributed by atoms with Crippen LogP contribution in [0.15, 0.2) is 23.1 Å². The minimum atomic E-state index is -3.82. The molecule has 1 rings (SSSR count). The molecule has 0 spiro atoms. The molecule has 0 aliphatic rings. The molecule has 0 fully saturated rings. The number of benzene rings is 1. The van der Waals surface area contributed by atoms with Gasteiger partial charge in [0.2, 0.25) is 0 Å². The molecule has 0 aliphatic carbocycles. The molecule has 0 saturated carbocycles. The normalized spacial score (nSPS) is 11.2. The SMILES string of the molecule is CC(C)Oc1ccc(S(=O)(=O)Cl)cc1C#N. The van der Waals surface area contributed by atoms with Crippen LogP contribution in [0.4, 0.5) is 0 Å². The lowest BCUT2D eigenvalue weighted by atomic mass is 10.2. The number of hydrogen-bond acceptors (Lipinski definition) is 4. The molecule has 0 aliphatic heterocycles. The maximum atomic E-state index is 11.0. The van der Waals surface area contributed by atoms with Crippen LogP contribution < -0.4 is 4.74 Å². The Bertz CT molecular complexity index is 531. The fourth-order valence-electron chi connectivity index (χ4n) is 1.10. The van der Waals surface area contributed by atoms with Gasteiger partial charge in [-0.3, -0.25) is 0 Å². The number of ether oxygens (including phenoxy) is 1. The van der Waals surface area contributed by atoms with Crippen molar-refractivity contribution in [2.24, 2.45) is 0 Å². The third-order valence-electron chi connectivity index (χ3n) is 1.72. The summed E-state index contributed by atoms with van der Waals surface area (Å²) in [6, 6.07) is 5.79. The lowest BCUT2D eigenvalue weighted by molar-refractivity contribution is 0.241. The lowest BCUT2D eigenvalue weighted by Crippen LogP contribution is -2.07. The van der Waals surface area contributed by atoms with Crippen LogP contribution in [0.1, 0.15) is 19.4 Å². The highest BCUT2D eigenvalue weighted by Gasteiger charge is 2.14. The first kappa shape index (κ1) is 12.8. The van der Waals surface area contributed by atoms with E-state index >= 15 is 0 Å². The van der Waals surface area contributed by atoms with Gasteiger partial charge < -0.3 is 4.74 Å². The van der Waals surface area contributed by atoms with Gasteiger partial charge in [-0.15, -0.1) is 0 Å². The topological polar surface area (TPSA) is 67.2 Å². The van der Waals surface area contributed by atoms with E-state index in [1.807, 2.05) is 19.9 Å². The lowest BCUT2D eigenvalue weighted by Gasteiger charge is -2.11. The minimum Gasteiger partial charge on any atom is -0.490 e. The van der Waals surface area contributed by atoms with Crippen molar-refractivity contribution in [2.75, 3.05) is 0 Å². The van der Waals surface area contributed by atoms with Gasteiger partial charge in [0.25, 0.3) is 9.05 Å². The Labute approximate surface area is 98.8 Å². The molecule has 4 nitrogen and oxygen atoms in total. The van der Waals surface area contributed by atoms with E-state index in [9.17, 15) is 8.42 Å². The van der Waals surface area contributed by atoms with Gasteiger partial charge in [-0.05, 0) is 32.0 Å². The van der Waals surface area contributed by atoms with Gasteiger partial charge in [0, 0.05) is 10.7 Å². The van der Waals surface area contributed by atoms with Gasteiger partial charge in [-0.2, -0.15) is 5.26 Å². The number of rotatable bonds is 3. The Kier molecular flexibility index (Phi) is 3.79. The first-order chi connectivity index (χ1) is 7.34. The second-order valence-corrected chi connectivity index (χ2v) is 5.94. The van der Waals surface area contributed by atoms with E-state index in [0.717, 1.165) is 0 Å². The first-order valence-electron chi connectivity index (χ1n) is 4.50. The van der Waals surface area contributed by atoms with Gasteiger partial charge in [0.15, 0.2) is 0 Å². The van der Waals surface area contributed by atoms with Crippen molar-refractivity contribution in [3.63, 3.8) is 0 Å². The molecule has 0 saturated heterocycles. The summed E-state index contributed by atoms with van der Waals surface area (Å²) in [4.78, 5) is -0.109. The smallest absolute Gasteiger partial charge is 0.261 e. The fourth-order valence-corrected chi connectivity index (χ4v) is 1.88. The highest BCUT2D eigenvalue weighted by Crippen LogP contribution is 2.24. The summed E-state index contributed by atoms with van der Waals surface area (Å²) in [5, 5.41) is 8.85. The summed E-state index contributed by atoms with van der Waals surface area (Å²) < 4.78 is 27.4. The third kappa shape index (κ3) is 3.12. The number of nitriles is 1. The third-order valence-corrected chi connectivity index (χ3v) is 3.07. The molecule has 16 heavy (non-hydrogen) atoms. The van der Waals surface area contributed by atoms with Crippen molar-refractivity contribution in [3.05, 3.63) is 23.8 Å². The number of hydrogen-bond donors (Lipinski definition) is 0. The van der Waals surface area contributed by atoms with Crippen LogP contribution in [0.25, 0.3) is 0 Å². The molecule has 0 heterocycles. The van der Waals surface area contributed by atoms with Gasteiger partial charge in [0.05, 0.1) is 16.6 Å². The van der Waals surface area contributed by atoms with E-state index in [1.54, 1.807) is 0 Å². The van der Waals surface area contributed by atoms with Crippen molar-refractivity contribution < 1.29 is 13.2 Å². The molecule has 0 N–H and O–H groups in total. The summed E-state index contributed by atoms with van der Waals surface area (Å²) in [5.41, 5.74) is 0.149. The average molecular weight is 260 g/mol. The average Bonchev–Trinajstić information content (AvgIpc) is 2.15. The summed E-state index contributed by atoms with van der Waals surface area (Å²) >= 11 is 0. The molecule has 6 heteroatoms. The van der Waals surface area contributed by atoms with Crippen molar-refractivity contribution in [1.29, 1.82) is 5.26 Å².